The molecule has 0 aromatic heterocycles. The van der Waals surface area contributed by atoms with Crippen molar-refractivity contribution in [2.75, 3.05) is 0 Å². The minimum absolute atomic E-state index is 0.0210. The van der Waals surface area contributed by atoms with E-state index in [0.29, 0.717) is 6.42 Å². The summed E-state index contributed by atoms with van der Waals surface area (Å²) in [5.41, 5.74) is -0.522. The third kappa shape index (κ3) is 0.926. The van der Waals surface area contributed by atoms with Gasteiger partial charge < -0.3 is 4.74 Å². The van der Waals surface area contributed by atoms with Crippen molar-refractivity contribution in [3.63, 3.8) is 0 Å². The van der Waals surface area contributed by atoms with Crippen molar-refractivity contribution in [2.45, 2.75) is 38.4 Å². The molecule has 2 fully saturated rings. The number of rotatable bonds is 1. The predicted molar refractivity (Wildman–Crippen MR) is 41.7 cm³/mol. The Morgan fingerprint density at radius 1 is 1.67 bits per heavy atom. The highest BCUT2D eigenvalue weighted by atomic mass is 16.6. The van der Waals surface area contributed by atoms with Crippen LogP contribution >= 0.6 is 0 Å². The minimum atomic E-state index is -0.522. The number of carbonyl (C=O) groups is 2. The molecule has 1 aliphatic heterocycles. The molecule has 3 atom stereocenters. The molecule has 0 amide bonds. The number of Topliss-reactive ketones (excluding diaryl/α,β-unsaturated/α-hetero) is 2. The van der Waals surface area contributed by atoms with Gasteiger partial charge >= 0.3 is 0 Å². The average Bonchev–Trinajstić information content (AvgIpc) is 2.62. The van der Waals surface area contributed by atoms with E-state index >= 15 is 0 Å². The molecule has 0 spiro atoms. The van der Waals surface area contributed by atoms with Gasteiger partial charge in [-0.15, -0.1) is 0 Å². The lowest BCUT2D eigenvalue weighted by molar-refractivity contribution is -0.130. The smallest absolute Gasteiger partial charge is 0.167 e. The Hall–Kier alpha value is -0.700. The van der Waals surface area contributed by atoms with Gasteiger partial charge in [-0.05, 0) is 20.3 Å². The van der Waals surface area contributed by atoms with Crippen LogP contribution in [0.1, 0.15) is 26.7 Å². The fraction of sp³-hybridized carbons (Fsp3) is 0.778. The number of epoxide rings is 1. The number of ketones is 2. The zero-order chi connectivity index (χ0) is 8.93. The maximum absolute atomic E-state index is 11.4. The molecule has 1 aliphatic carbocycles. The average molecular weight is 168 g/mol. The molecule has 1 saturated heterocycles. The molecule has 0 aromatic carbocycles. The minimum Gasteiger partial charge on any atom is -0.358 e. The summed E-state index contributed by atoms with van der Waals surface area (Å²) in [5, 5.41) is 0. The van der Waals surface area contributed by atoms with E-state index in [1.54, 1.807) is 6.92 Å². The SMILES string of the molecule is CC(=O)[C@@H]1CC(=O)[C@]2(C)O[C@H]2C1. The molecule has 12 heavy (non-hydrogen) atoms. The summed E-state index contributed by atoms with van der Waals surface area (Å²) >= 11 is 0. The van der Waals surface area contributed by atoms with Gasteiger partial charge in [0.05, 0.1) is 6.10 Å². The zero-order valence-electron chi connectivity index (χ0n) is 7.29. The summed E-state index contributed by atoms with van der Waals surface area (Å²) in [6, 6.07) is 0. The molecule has 2 aliphatic rings. The van der Waals surface area contributed by atoms with Gasteiger partial charge in [0.2, 0.25) is 0 Å². The van der Waals surface area contributed by atoms with Crippen LogP contribution in [0.4, 0.5) is 0 Å². The highest BCUT2D eigenvalue weighted by Gasteiger charge is 2.61. The topological polar surface area (TPSA) is 46.7 Å². The number of hydrogen-bond acceptors (Lipinski definition) is 3. The van der Waals surface area contributed by atoms with Crippen LogP contribution in [0.2, 0.25) is 0 Å². The van der Waals surface area contributed by atoms with Crippen molar-refractivity contribution in [3.05, 3.63) is 0 Å². The first kappa shape index (κ1) is 7.92. The molecule has 66 valence electrons. The maximum Gasteiger partial charge on any atom is 0.167 e. The highest BCUT2D eigenvalue weighted by molar-refractivity contribution is 5.95. The summed E-state index contributed by atoms with van der Waals surface area (Å²) in [5.74, 6) is 0.123. The third-order valence-corrected chi connectivity index (χ3v) is 3.00. The van der Waals surface area contributed by atoms with Crippen LogP contribution in [-0.2, 0) is 14.3 Å². The van der Waals surface area contributed by atoms with Gasteiger partial charge in [0, 0.05) is 12.3 Å². The first-order chi connectivity index (χ1) is 5.54. The third-order valence-electron chi connectivity index (χ3n) is 3.00. The normalized spacial score (nSPS) is 45.3. The van der Waals surface area contributed by atoms with Crippen LogP contribution in [0.5, 0.6) is 0 Å². The summed E-state index contributed by atoms with van der Waals surface area (Å²) in [6.07, 6.45) is 1.13. The van der Waals surface area contributed by atoms with Crippen molar-refractivity contribution in [1.29, 1.82) is 0 Å². The highest BCUT2D eigenvalue weighted by Crippen LogP contribution is 2.46. The summed E-state index contributed by atoms with van der Waals surface area (Å²) in [6.45, 7) is 3.36. The Morgan fingerprint density at radius 3 is 2.83 bits per heavy atom. The molecule has 0 N–H and O–H groups in total. The van der Waals surface area contributed by atoms with Crippen molar-refractivity contribution in [1.82, 2.24) is 0 Å². The van der Waals surface area contributed by atoms with E-state index in [-0.39, 0.29) is 23.6 Å². The fourth-order valence-corrected chi connectivity index (χ4v) is 1.86. The largest absolute Gasteiger partial charge is 0.358 e. The second-order valence-corrected chi connectivity index (χ2v) is 3.88. The van der Waals surface area contributed by atoms with Crippen molar-refractivity contribution in [2.24, 2.45) is 5.92 Å². The van der Waals surface area contributed by atoms with Gasteiger partial charge in [-0.3, -0.25) is 9.59 Å². The van der Waals surface area contributed by atoms with E-state index in [4.69, 9.17) is 4.74 Å². The lowest BCUT2D eigenvalue weighted by Gasteiger charge is -2.18. The van der Waals surface area contributed by atoms with Crippen molar-refractivity contribution in [3.8, 4) is 0 Å². The quantitative estimate of drug-likeness (QED) is 0.542. The second-order valence-electron chi connectivity index (χ2n) is 3.88. The van der Waals surface area contributed by atoms with Gasteiger partial charge in [-0.25, -0.2) is 0 Å². The molecule has 0 unspecified atom stereocenters. The Bertz CT molecular complexity index is 258. The Balaban J connectivity index is 2.12. The zero-order valence-corrected chi connectivity index (χ0v) is 7.29. The van der Waals surface area contributed by atoms with Crippen LogP contribution in [0, 0.1) is 5.92 Å². The molecule has 0 bridgehead atoms. The van der Waals surface area contributed by atoms with Gasteiger partial charge in [0.15, 0.2) is 5.78 Å². The molecule has 0 radical (unpaired) electrons. The van der Waals surface area contributed by atoms with E-state index in [1.807, 2.05) is 6.92 Å². The first-order valence-electron chi connectivity index (χ1n) is 4.25. The van der Waals surface area contributed by atoms with Gasteiger partial charge in [0.1, 0.15) is 11.4 Å². The molecular weight excluding hydrogens is 156 g/mol. The fourth-order valence-electron chi connectivity index (χ4n) is 1.86. The molecule has 0 aromatic rings. The van der Waals surface area contributed by atoms with Crippen LogP contribution < -0.4 is 0 Å². The lowest BCUT2D eigenvalue weighted by atomic mass is 9.80. The Labute approximate surface area is 71.1 Å². The number of carbonyl (C=O) groups excluding carboxylic acids is 2. The van der Waals surface area contributed by atoms with Crippen molar-refractivity contribution < 1.29 is 14.3 Å². The van der Waals surface area contributed by atoms with Gasteiger partial charge in [-0.1, -0.05) is 0 Å². The molecule has 3 nitrogen and oxygen atoms in total. The molecule has 1 heterocycles. The molecular formula is C9H12O3. The van der Waals surface area contributed by atoms with Crippen molar-refractivity contribution >= 4 is 11.6 Å². The van der Waals surface area contributed by atoms with Crippen LogP contribution in [-0.4, -0.2) is 23.3 Å². The monoisotopic (exact) mass is 168 g/mol. The number of fused-ring (bicyclic) bond motifs is 1. The van der Waals surface area contributed by atoms with Crippen LogP contribution in [0.25, 0.3) is 0 Å². The number of ether oxygens (including phenoxy) is 1. The molecule has 1 saturated carbocycles. The standard InChI is InChI=1S/C9H12O3/c1-5(10)6-3-7(11)9(2)8(4-6)12-9/h6,8H,3-4H2,1-2H3/t6-,8+,9+/m1/s1. The maximum atomic E-state index is 11.4. The second kappa shape index (κ2) is 2.16. The lowest BCUT2D eigenvalue weighted by Crippen LogP contribution is -2.34. The summed E-state index contributed by atoms with van der Waals surface area (Å²) < 4.78 is 5.26. The van der Waals surface area contributed by atoms with E-state index in [2.05, 4.69) is 0 Å². The summed E-state index contributed by atoms with van der Waals surface area (Å²) in [7, 11) is 0. The van der Waals surface area contributed by atoms with Crippen LogP contribution in [0.15, 0.2) is 0 Å². The predicted octanol–water partition coefficient (Wildman–Crippen LogP) is 0.712. The Morgan fingerprint density at radius 2 is 2.33 bits per heavy atom. The summed E-state index contributed by atoms with van der Waals surface area (Å²) in [4.78, 5) is 22.4. The van der Waals surface area contributed by atoms with E-state index < -0.39 is 5.60 Å². The van der Waals surface area contributed by atoms with E-state index in [1.165, 1.54) is 0 Å². The van der Waals surface area contributed by atoms with E-state index in [9.17, 15) is 9.59 Å². The van der Waals surface area contributed by atoms with Gasteiger partial charge in [0.25, 0.3) is 0 Å². The molecule has 3 heteroatoms. The first-order valence-corrected chi connectivity index (χ1v) is 4.25. The Kier molecular flexibility index (Phi) is 1.43. The van der Waals surface area contributed by atoms with Crippen LogP contribution in [0.3, 0.4) is 0 Å². The number of hydrogen-bond donors (Lipinski definition) is 0. The van der Waals surface area contributed by atoms with Gasteiger partial charge in [-0.2, -0.15) is 0 Å². The molecule has 2 rings (SSSR count). The van der Waals surface area contributed by atoms with E-state index in [0.717, 1.165) is 6.42 Å².